The quantitative estimate of drug-likeness (QED) is 0.411. The number of nitrogens with zero attached hydrogens (tertiary/aromatic N) is 4. The lowest BCUT2D eigenvalue weighted by atomic mass is 9.81. The fourth-order valence-corrected chi connectivity index (χ4v) is 4.97. The minimum atomic E-state index is -0.198. The highest BCUT2D eigenvalue weighted by molar-refractivity contribution is 5.74. The van der Waals surface area contributed by atoms with Crippen LogP contribution in [0.3, 0.4) is 0 Å². The fraction of sp³-hybridized carbons (Fsp3) is 0.357. The standard InChI is InChI=1S/C28H33N5/c1-19-12-14-21(15-13-19)28(4,5)25-16-24(32(6)31-25)22-18-29-33-26(22)30-23(17-27(33,2)3)20-10-8-7-9-11-20/h7-16,18,23,30H,17H2,1-6H3. The number of fused-ring (bicyclic) bond motifs is 1. The van der Waals surface area contributed by atoms with Gasteiger partial charge in [-0.3, -0.25) is 4.68 Å². The molecule has 3 heterocycles. The van der Waals surface area contributed by atoms with E-state index >= 15 is 0 Å². The molecule has 0 fully saturated rings. The molecule has 1 aliphatic rings. The molecule has 0 bridgehead atoms. The van der Waals surface area contributed by atoms with Crippen LogP contribution in [0.15, 0.2) is 66.9 Å². The van der Waals surface area contributed by atoms with E-state index < -0.39 is 0 Å². The molecule has 33 heavy (non-hydrogen) atoms. The molecule has 1 N–H and O–H groups in total. The van der Waals surface area contributed by atoms with Gasteiger partial charge in [-0.2, -0.15) is 10.2 Å². The summed E-state index contributed by atoms with van der Waals surface area (Å²) in [5.41, 5.74) is 6.75. The van der Waals surface area contributed by atoms with Crippen LogP contribution in [0.25, 0.3) is 11.3 Å². The Hall–Kier alpha value is -3.34. The molecule has 0 amide bonds. The van der Waals surface area contributed by atoms with Gasteiger partial charge in [0.05, 0.1) is 34.7 Å². The van der Waals surface area contributed by atoms with E-state index in [1.54, 1.807) is 0 Å². The lowest BCUT2D eigenvalue weighted by Gasteiger charge is -2.38. The number of hydrogen-bond acceptors (Lipinski definition) is 3. The van der Waals surface area contributed by atoms with E-state index in [4.69, 9.17) is 10.2 Å². The van der Waals surface area contributed by atoms with Gasteiger partial charge in [0.25, 0.3) is 0 Å². The van der Waals surface area contributed by atoms with E-state index in [-0.39, 0.29) is 17.0 Å². The minimum absolute atomic E-state index is 0.0953. The Bertz CT molecular complexity index is 1280. The molecule has 170 valence electrons. The van der Waals surface area contributed by atoms with Crippen LogP contribution in [0.4, 0.5) is 5.82 Å². The predicted molar refractivity (Wildman–Crippen MR) is 134 cm³/mol. The number of anilines is 1. The average molecular weight is 440 g/mol. The molecule has 0 radical (unpaired) electrons. The molecule has 4 aromatic rings. The smallest absolute Gasteiger partial charge is 0.134 e. The summed E-state index contributed by atoms with van der Waals surface area (Å²) in [7, 11) is 2.02. The van der Waals surface area contributed by atoms with Crippen LogP contribution < -0.4 is 5.32 Å². The van der Waals surface area contributed by atoms with Gasteiger partial charge in [0, 0.05) is 12.5 Å². The predicted octanol–water partition coefficient (Wildman–Crippen LogP) is 6.21. The molecule has 1 unspecified atom stereocenters. The molecule has 0 spiro atoms. The highest BCUT2D eigenvalue weighted by Gasteiger charge is 2.36. The van der Waals surface area contributed by atoms with Crippen molar-refractivity contribution in [2.24, 2.45) is 7.05 Å². The Morgan fingerprint density at radius 1 is 1.03 bits per heavy atom. The third-order valence-corrected chi connectivity index (χ3v) is 7.13. The van der Waals surface area contributed by atoms with Crippen molar-refractivity contribution in [1.29, 1.82) is 0 Å². The molecular formula is C28H33N5. The zero-order valence-corrected chi connectivity index (χ0v) is 20.4. The van der Waals surface area contributed by atoms with Crippen molar-refractivity contribution in [3.8, 4) is 11.3 Å². The van der Waals surface area contributed by atoms with Crippen LogP contribution >= 0.6 is 0 Å². The lowest BCUT2D eigenvalue weighted by molar-refractivity contribution is 0.263. The van der Waals surface area contributed by atoms with Gasteiger partial charge in [0.2, 0.25) is 0 Å². The maximum absolute atomic E-state index is 4.95. The Morgan fingerprint density at radius 2 is 1.73 bits per heavy atom. The molecule has 2 aromatic heterocycles. The van der Waals surface area contributed by atoms with E-state index in [1.807, 2.05) is 17.9 Å². The molecule has 5 nitrogen and oxygen atoms in total. The first-order valence-corrected chi connectivity index (χ1v) is 11.7. The zero-order chi connectivity index (χ0) is 23.4. The van der Waals surface area contributed by atoms with Crippen LogP contribution in [-0.2, 0) is 18.0 Å². The third-order valence-electron chi connectivity index (χ3n) is 7.13. The summed E-state index contributed by atoms with van der Waals surface area (Å²) < 4.78 is 4.13. The van der Waals surface area contributed by atoms with E-state index in [1.165, 1.54) is 16.7 Å². The number of rotatable bonds is 4. The van der Waals surface area contributed by atoms with Gasteiger partial charge in [-0.15, -0.1) is 0 Å². The number of aromatic nitrogens is 4. The summed E-state index contributed by atoms with van der Waals surface area (Å²) in [5.74, 6) is 1.06. The highest BCUT2D eigenvalue weighted by Crippen LogP contribution is 2.43. The second-order valence-corrected chi connectivity index (χ2v) is 10.5. The summed E-state index contributed by atoms with van der Waals surface area (Å²) in [4.78, 5) is 0. The fourth-order valence-electron chi connectivity index (χ4n) is 4.97. The number of benzene rings is 2. The van der Waals surface area contributed by atoms with E-state index in [0.717, 1.165) is 29.2 Å². The van der Waals surface area contributed by atoms with E-state index in [0.29, 0.717) is 0 Å². The number of aryl methyl sites for hydroxylation is 2. The Morgan fingerprint density at radius 3 is 2.42 bits per heavy atom. The summed E-state index contributed by atoms with van der Waals surface area (Å²) in [6.07, 6.45) is 2.96. The first kappa shape index (κ1) is 21.5. The summed E-state index contributed by atoms with van der Waals surface area (Å²) in [6, 6.07) is 21.9. The topological polar surface area (TPSA) is 47.7 Å². The van der Waals surface area contributed by atoms with Gasteiger partial charge in [-0.25, -0.2) is 4.68 Å². The molecule has 0 aliphatic carbocycles. The van der Waals surface area contributed by atoms with Crippen LogP contribution in [0.2, 0.25) is 0 Å². The first-order chi connectivity index (χ1) is 15.7. The summed E-state index contributed by atoms with van der Waals surface area (Å²) in [6.45, 7) is 11.1. The monoisotopic (exact) mass is 439 g/mol. The maximum atomic E-state index is 4.95. The van der Waals surface area contributed by atoms with Crippen molar-refractivity contribution in [3.05, 3.63) is 89.2 Å². The number of nitrogens with one attached hydrogen (secondary N) is 1. The normalized spacial score (nSPS) is 17.5. The largest absolute Gasteiger partial charge is 0.363 e. The summed E-state index contributed by atoms with van der Waals surface area (Å²) in [5, 5.41) is 13.5. The second-order valence-electron chi connectivity index (χ2n) is 10.5. The zero-order valence-electron chi connectivity index (χ0n) is 20.4. The van der Waals surface area contributed by atoms with Gasteiger partial charge in [0.15, 0.2) is 0 Å². The van der Waals surface area contributed by atoms with Gasteiger partial charge in [-0.05, 0) is 44.4 Å². The molecule has 5 rings (SSSR count). The molecular weight excluding hydrogens is 406 g/mol. The van der Waals surface area contributed by atoms with Crippen molar-refractivity contribution in [2.75, 3.05) is 5.32 Å². The van der Waals surface area contributed by atoms with E-state index in [2.05, 4.69) is 105 Å². The minimum Gasteiger partial charge on any atom is -0.363 e. The van der Waals surface area contributed by atoms with Crippen molar-refractivity contribution in [2.45, 2.75) is 58.0 Å². The van der Waals surface area contributed by atoms with Crippen molar-refractivity contribution in [1.82, 2.24) is 19.6 Å². The molecule has 2 aromatic carbocycles. The van der Waals surface area contributed by atoms with Crippen molar-refractivity contribution >= 4 is 5.82 Å². The van der Waals surface area contributed by atoms with Gasteiger partial charge >= 0.3 is 0 Å². The second kappa shape index (κ2) is 7.62. The highest BCUT2D eigenvalue weighted by atomic mass is 15.4. The molecule has 5 heteroatoms. The average Bonchev–Trinajstić information content (AvgIpc) is 3.38. The Labute approximate surface area is 196 Å². The molecule has 1 aliphatic heterocycles. The summed E-state index contributed by atoms with van der Waals surface area (Å²) >= 11 is 0. The van der Waals surface area contributed by atoms with Crippen molar-refractivity contribution < 1.29 is 0 Å². The Balaban J connectivity index is 1.55. The Kier molecular flexibility index (Phi) is 4.96. The van der Waals surface area contributed by atoms with Crippen LogP contribution in [-0.4, -0.2) is 19.6 Å². The molecule has 1 atom stereocenters. The van der Waals surface area contributed by atoms with Crippen molar-refractivity contribution in [3.63, 3.8) is 0 Å². The first-order valence-electron chi connectivity index (χ1n) is 11.7. The van der Waals surface area contributed by atoms with Gasteiger partial charge < -0.3 is 5.32 Å². The van der Waals surface area contributed by atoms with Crippen LogP contribution in [0.5, 0.6) is 0 Å². The van der Waals surface area contributed by atoms with Gasteiger partial charge in [0.1, 0.15) is 5.82 Å². The lowest BCUT2D eigenvalue weighted by Crippen LogP contribution is -2.37. The van der Waals surface area contributed by atoms with Crippen LogP contribution in [0.1, 0.15) is 62.5 Å². The maximum Gasteiger partial charge on any atom is 0.134 e. The van der Waals surface area contributed by atoms with E-state index in [9.17, 15) is 0 Å². The molecule has 0 saturated carbocycles. The third kappa shape index (κ3) is 3.65. The number of hydrogen-bond donors (Lipinski definition) is 1. The van der Waals surface area contributed by atoms with Crippen LogP contribution in [0, 0.1) is 6.92 Å². The molecule has 0 saturated heterocycles. The SMILES string of the molecule is Cc1ccc(C(C)(C)c2cc(-c3cnn4c3NC(c3ccccc3)CC4(C)C)n(C)n2)cc1. The van der Waals surface area contributed by atoms with Gasteiger partial charge in [-0.1, -0.05) is 74.0 Å².